The number of nitrogens with zero attached hydrogens (tertiary/aromatic N) is 1. The van der Waals surface area contributed by atoms with Gasteiger partial charge in [0.25, 0.3) is 0 Å². The highest BCUT2D eigenvalue weighted by Gasteiger charge is 2.73. The SMILES string of the molecule is CC[C@H](C)Oc1c(Cl)cc(Cl)cc1/C=N\NC(F)(F)C(F)(F)C(F)(F)F. The topological polar surface area (TPSA) is 33.6 Å². The van der Waals surface area contributed by atoms with Gasteiger partial charge in [-0.3, -0.25) is 0 Å². The van der Waals surface area contributed by atoms with Crippen molar-refractivity contribution in [3.05, 3.63) is 27.7 Å². The molecule has 0 amide bonds. The third-order valence-electron chi connectivity index (χ3n) is 3.09. The zero-order chi connectivity index (χ0) is 20.3. The summed E-state index contributed by atoms with van der Waals surface area (Å²) in [5.74, 6) is -6.37. The molecule has 0 saturated heterocycles. The second-order valence-electron chi connectivity index (χ2n) is 5.16. The molecular weight excluding hydrogens is 416 g/mol. The van der Waals surface area contributed by atoms with Crippen LogP contribution >= 0.6 is 23.2 Å². The summed E-state index contributed by atoms with van der Waals surface area (Å²) in [6, 6.07) is -3.24. The Morgan fingerprint density at radius 2 is 1.73 bits per heavy atom. The molecule has 1 aromatic carbocycles. The second kappa shape index (κ2) is 8.08. The molecule has 0 saturated carbocycles. The zero-order valence-electron chi connectivity index (χ0n) is 13.3. The van der Waals surface area contributed by atoms with E-state index in [2.05, 4.69) is 5.10 Å². The van der Waals surface area contributed by atoms with Crippen LogP contribution in [0.3, 0.4) is 0 Å². The van der Waals surface area contributed by atoms with Crippen molar-refractivity contribution in [1.82, 2.24) is 5.43 Å². The van der Waals surface area contributed by atoms with E-state index in [1.54, 1.807) is 13.8 Å². The molecule has 0 bridgehead atoms. The van der Waals surface area contributed by atoms with Gasteiger partial charge in [-0.25, -0.2) is 5.43 Å². The summed E-state index contributed by atoms with van der Waals surface area (Å²) in [5.41, 5.74) is 0.416. The number of hydrogen-bond donors (Lipinski definition) is 1. The van der Waals surface area contributed by atoms with Crippen LogP contribution in [0.4, 0.5) is 30.7 Å². The van der Waals surface area contributed by atoms with Crippen molar-refractivity contribution in [3.63, 3.8) is 0 Å². The van der Waals surface area contributed by atoms with Crippen molar-refractivity contribution in [2.45, 2.75) is 44.5 Å². The standard InChI is InChI=1S/C14H13Cl2F7N2O/c1-3-7(2)26-11-8(4-9(15)5-10(11)16)6-24-25-14(22,23)12(17,18)13(19,20)21/h4-7,25H,3H2,1-2H3/b24-6-/t7-/m0/s1. The van der Waals surface area contributed by atoms with Crippen LogP contribution in [0.15, 0.2) is 17.2 Å². The summed E-state index contributed by atoms with van der Waals surface area (Å²) in [7, 11) is 0. The van der Waals surface area contributed by atoms with E-state index in [0.29, 0.717) is 18.1 Å². The van der Waals surface area contributed by atoms with Crippen molar-refractivity contribution in [1.29, 1.82) is 0 Å². The number of hydrazone groups is 1. The lowest BCUT2D eigenvalue weighted by Gasteiger charge is -2.27. The first-order valence-corrected chi connectivity index (χ1v) is 7.76. The molecule has 1 atom stereocenters. The Kier molecular flexibility index (Phi) is 7.03. The highest BCUT2D eigenvalue weighted by Crippen LogP contribution is 2.45. The number of halogens is 9. The van der Waals surface area contributed by atoms with Crippen molar-refractivity contribution < 1.29 is 35.5 Å². The van der Waals surface area contributed by atoms with Gasteiger partial charge < -0.3 is 4.74 Å². The van der Waals surface area contributed by atoms with E-state index >= 15 is 0 Å². The van der Waals surface area contributed by atoms with Crippen LogP contribution < -0.4 is 10.2 Å². The third kappa shape index (κ3) is 5.06. The van der Waals surface area contributed by atoms with E-state index in [4.69, 9.17) is 27.9 Å². The van der Waals surface area contributed by atoms with Crippen LogP contribution in [0.25, 0.3) is 0 Å². The number of hydrogen-bond acceptors (Lipinski definition) is 3. The van der Waals surface area contributed by atoms with Gasteiger partial charge in [-0.15, -0.1) is 0 Å². The summed E-state index contributed by atoms with van der Waals surface area (Å²) in [6.07, 6.45) is -5.73. The van der Waals surface area contributed by atoms with Gasteiger partial charge in [0, 0.05) is 10.6 Å². The van der Waals surface area contributed by atoms with Crippen LogP contribution in [-0.4, -0.2) is 30.5 Å². The second-order valence-corrected chi connectivity index (χ2v) is 6.00. The van der Waals surface area contributed by atoms with Crippen molar-refractivity contribution in [2.75, 3.05) is 0 Å². The third-order valence-corrected chi connectivity index (χ3v) is 3.59. The van der Waals surface area contributed by atoms with Gasteiger partial charge in [-0.2, -0.15) is 35.8 Å². The summed E-state index contributed by atoms with van der Waals surface area (Å²) in [5, 5.41) is 2.79. The number of benzene rings is 1. The predicted octanol–water partition coefficient (Wildman–Crippen LogP) is 5.88. The average molecular weight is 429 g/mol. The summed E-state index contributed by atoms with van der Waals surface area (Å²) in [4.78, 5) is 0. The molecule has 0 fully saturated rings. The van der Waals surface area contributed by atoms with E-state index in [-0.39, 0.29) is 27.5 Å². The van der Waals surface area contributed by atoms with E-state index in [0.717, 1.165) is 6.07 Å². The molecule has 0 unspecified atom stereocenters. The van der Waals surface area contributed by atoms with E-state index < -0.39 is 18.1 Å². The Labute approximate surface area is 154 Å². The lowest BCUT2D eigenvalue weighted by molar-refractivity contribution is -0.361. The lowest BCUT2D eigenvalue weighted by atomic mass is 10.2. The summed E-state index contributed by atoms with van der Waals surface area (Å²) >= 11 is 11.7. The minimum Gasteiger partial charge on any atom is -0.488 e. The Balaban J connectivity index is 3.11. The van der Waals surface area contributed by atoms with Crippen LogP contribution in [0.2, 0.25) is 10.0 Å². The largest absolute Gasteiger partial charge is 0.488 e. The first-order valence-electron chi connectivity index (χ1n) is 7.01. The number of ether oxygens (including phenoxy) is 1. The Hall–Kier alpha value is -1.42. The predicted molar refractivity (Wildman–Crippen MR) is 83.5 cm³/mol. The summed E-state index contributed by atoms with van der Waals surface area (Å²) < 4.78 is 93.5. The van der Waals surface area contributed by atoms with Gasteiger partial charge in [-0.05, 0) is 25.5 Å². The Bertz CT molecular complexity index is 665. The van der Waals surface area contributed by atoms with E-state index in [9.17, 15) is 30.7 Å². The molecule has 1 rings (SSSR count). The minimum absolute atomic E-state index is 0.0216. The molecule has 0 aliphatic carbocycles. The number of alkyl halides is 7. The maximum atomic E-state index is 13.1. The fourth-order valence-electron chi connectivity index (χ4n) is 1.52. The molecule has 1 N–H and O–H groups in total. The van der Waals surface area contributed by atoms with Crippen LogP contribution in [0.1, 0.15) is 25.8 Å². The molecule has 0 radical (unpaired) electrons. The van der Waals surface area contributed by atoms with Gasteiger partial charge in [0.05, 0.1) is 17.3 Å². The van der Waals surface area contributed by atoms with Crippen LogP contribution in [-0.2, 0) is 0 Å². The molecule has 0 spiro atoms. The first kappa shape index (κ1) is 22.6. The molecule has 12 heteroatoms. The fourth-order valence-corrected chi connectivity index (χ4v) is 2.07. The minimum atomic E-state index is -6.47. The number of nitrogens with one attached hydrogen (secondary N) is 1. The number of rotatable bonds is 7. The molecule has 1 aromatic rings. The van der Waals surface area contributed by atoms with Gasteiger partial charge in [0.1, 0.15) is 5.75 Å². The Morgan fingerprint density at radius 1 is 1.15 bits per heavy atom. The van der Waals surface area contributed by atoms with E-state index in [1.165, 1.54) is 6.07 Å². The molecule has 0 aliphatic heterocycles. The van der Waals surface area contributed by atoms with Gasteiger partial charge in [-0.1, -0.05) is 30.1 Å². The molecule has 0 heterocycles. The maximum Gasteiger partial charge on any atom is 0.462 e. The molecule has 0 aliphatic rings. The quantitative estimate of drug-likeness (QED) is 0.254. The lowest BCUT2D eigenvalue weighted by Crippen LogP contribution is -2.58. The molecule has 26 heavy (non-hydrogen) atoms. The average Bonchev–Trinajstić information content (AvgIpc) is 2.48. The van der Waals surface area contributed by atoms with Gasteiger partial charge in [0.2, 0.25) is 0 Å². The highest BCUT2D eigenvalue weighted by molar-refractivity contribution is 6.36. The zero-order valence-corrected chi connectivity index (χ0v) is 14.8. The van der Waals surface area contributed by atoms with Crippen LogP contribution in [0, 0.1) is 0 Å². The van der Waals surface area contributed by atoms with Gasteiger partial charge in [0.15, 0.2) is 0 Å². The van der Waals surface area contributed by atoms with E-state index in [1.807, 2.05) is 0 Å². The normalized spacial score (nSPS) is 14.6. The molecule has 148 valence electrons. The van der Waals surface area contributed by atoms with Crippen molar-refractivity contribution in [3.8, 4) is 5.75 Å². The summed E-state index contributed by atoms with van der Waals surface area (Å²) in [6.45, 7) is 3.45. The molecule has 0 aromatic heterocycles. The van der Waals surface area contributed by atoms with Crippen molar-refractivity contribution >= 4 is 29.4 Å². The van der Waals surface area contributed by atoms with Gasteiger partial charge >= 0.3 is 18.1 Å². The van der Waals surface area contributed by atoms with Crippen LogP contribution in [0.5, 0.6) is 5.75 Å². The fraction of sp³-hybridized carbons (Fsp3) is 0.500. The first-order chi connectivity index (χ1) is 11.7. The smallest absolute Gasteiger partial charge is 0.462 e. The van der Waals surface area contributed by atoms with Crippen molar-refractivity contribution in [2.24, 2.45) is 5.10 Å². The molecule has 3 nitrogen and oxygen atoms in total. The highest BCUT2D eigenvalue weighted by atomic mass is 35.5. The Morgan fingerprint density at radius 3 is 2.23 bits per heavy atom. The monoisotopic (exact) mass is 428 g/mol. The maximum absolute atomic E-state index is 13.1. The molecular formula is C14H13Cl2F7N2O.